The van der Waals surface area contributed by atoms with Crippen molar-refractivity contribution in [3.05, 3.63) is 30.1 Å². The van der Waals surface area contributed by atoms with Gasteiger partial charge in [-0.3, -0.25) is 19.6 Å². The van der Waals surface area contributed by atoms with Crippen molar-refractivity contribution >= 4 is 34.6 Å². The van der Waals surface area contributed by atoms with Crippen LogP contribution in [0.15, 0.2) is 24.5 Å². The van der Waals surface area contributed by atoms with Crippen molar-refractivity contribution in [2.45, 2.75) is 64.4 Å². The first-order valence-corrected chi connectivity index (χ1v) is 11.8. The monoisotopic (exact) mass is 524 g/mol. The van der Waals surface area contributed by atoms with E-state index < -0.39 is 53.8 Å². The Balaban J connectivity index is 1.81. The summed E-state index contributed by atoms with van der Waals surface area (Å²) in [5.41, 5.74) is 3.89. The Kier molecular flexibility index (Phi) is 8.13. The van der Waals surface area contributed by atoms with Crippen molar-refractivity contribution in [1.29, 1.82) is 0 Å². The number of amides is 3. The summed E-state index contributed by atoms with van der Waals surface area (Å²) >= 11 is 0. The lowest BCUT2D eigenvalue weighted by atomic mass is 9.94. The average molecular weight is 525 g/mol. The van der Waals surface area contributed by atoms with Crippen LogP contribution in [-0.4, -0.2) is 58.6 Å². The molecule has 202 valence electrons. The Hall–Kier alpha value is -3.64. The Morgan fingerprint density at radius 2 is 1.78 bits per heavy atom. The van der Waals surface area contributed by atoms with Gasteiger partial charge in [0.05, 0.1) is 17.7 Å². The van der Waals surface area contributed by atoms with Crippen LogP contribution in [0.2, 0.25) is 0 Å². The van der Waals surface area contributed by atoms with Crippen LogP contribution < -0.4 is 21.3 Å². The molecule has 0 unspecified atom stereocenters. The number of nitrogens with two attached hydrogens (primary N) is 1. The van der Waals surface area contributed by atoms with E-state index in [-0.39, 0.29) is 23.5 Å². The quantitative estimate of drug-likeness (QED) is 0.528. The predicted octanol–water partition coefficient (Wildman–Crippen LogP) is 2.75. The van der Waals surface area contributed by atoms with Crippen LogP contribution in [0.3, 0.4) is 0 Å². The molecule has 4 N–H and O–H groups in total. The maximum absolute atomic E-state index is 13.5. The van der Waals surface area contributed by atoms with Crippen LogP contribution in [-0.2, 0) is 20.5 Å². The minimum atomic E-state index is -4.59. The molecule has 1 saturated heterocycles. The van der Waals surface area contributed by atoms with Crippen molar-refractivity contribution in [3.8, 4) is 0 Å². The lowest BCUT2D eigenvalue weighted by Gasteiger charge is -2.39. The van der Waals surface area contributed by atoms with Gasteiger partial charge in [-0.15, -0.1) is 0 Å². The van der Waals surface area contributed by atoms with Gasteiger partial charge in [0.1, 0.15) is 22.7 Å². The second-order valence-corrected chi connectivity index (χ2v) is 10.2. The molecule has 2 heterocycles. The van der Waals surface area contributed by atoms with E-state index in [0.29, 0.717) is 18.7 Å². The van der Waals surface area contributed by atoms with Gasteiger partial charge in [-0.2, -0.15) is 13.2 Å². The van der Waals surface area contributed by atoms with Crippen LogP contribution in [0.1, 0.15) is 46.1 Å². The number of hydrogen-bond donors (Lipinski definition) is 3. The number of primary amides is 1. The fourth-order valence-corrected chi connectivity index (χ4v) is 4.34. The molecule has 13 heteroatoms. The fourth-order valence-electron chi connectivity index (χ4n) is 4.34. The van der Waals surface area contributed by atoms with Gasteiger partial charge in [0.2, 0.25) is 11.8 Å². The Bertz CT molecular complexity index is 1170. The fraction of sp³-hybridized carbons (Fsp3) is 0.542. The summed E-state index contributed by atoms with van der Waals surface area (Å²) < 4.78 is 45.7. The van der Waals surface area contributed by atoms with E-state index in [1.807, 2.05) is 11.8 Å². The van der Waals surface area contributed by atoms with Gasteiger partial charge in [-0.1, -0.05) is 6.92 Å². The second-order valence-electron chi connectivity index (χ2n) is 10.2. The highest BCUT2D eigenvalue weighted by Gasteiger charge is 2.36. The number of alkyl halides is 3. The molecule has 2 aromatic rings. The second kappa shape index (κ2) is 10.8. The summed E-state index contributed by atoms with van der Waals surface area (Å²) in [5.74, 6) is -1.35. The van der Waals surface area contributed by atoms with Gasteiger partial charge in [0, 0.05) is 31.5 Å². The zero-order valence-electron chi connectivity index (χ0n) is 21.1. The molecule has 1 aromatic heterocycles. The summed E-state index contributed by atoms with van der Waals surface area (Å²) in [6, 6.07) is 0.653. The maximum Gasteiger partial charge on any atom is 0.418 e. The summed E-state index contributed by atoms with van der Waals surface area (Å²) in [4.78, 5) is 46.7. The number of carbonyl (C=O) groups excluding carboxylic acids is 3. The number of carbonyl (C=O) groups is 3. The number of ether oxygens (including phenoxy) is 1. The van der Waals surface area contributed by atoms with E-state index in [4.69, 9.17) is 10.5 Å². The smallest absolute Gasteiger partial charge is 0.418 e. The number of hydrogen-bond acceptors (Lipinski definition) is 7. The van der Waals surface area contributed by atoms with Gasteiger partial charge in [0.25, 0.3) is 0 Å². The molecule has 1 aromatic carbocycles. The van der Waals surface area contributed by atoms with E-state index in [1.54, 1.807) is 20.8 Å². The average Bonchev–Trinajstić information content (AvgIpc) is 2.75. The normalized spacial score (nSPS) is 19.3. The highest BCUT2D eigenvalue weighted by atomic mass is 19.4. The molecule has 0 bridgehead atoms. The molecule has 1 aliphatic rings. The Labute approximate surface area is 212 Å². The Morgan fingerprint density at radius 3 is 2.38 bits per heavy atom. The van der Waals surface area contributed by atoms with Crippen LogP contribution in [0.4, 0.5) is 23.7 Å². The number of nitrogens with zero attached hydrogens (tertiary/aromatic N) is 3. The summed E-state index contributed by atoms with van der Waals surface area (Å²) in [6.07, 6.45) is -2.79. The lowest BCUT2D eigenvalue weighted by molar-refractivity contribution is -0.136. The molecular weight excluding hydrogens is 493 g/mol. The van der Waals surface area contributed by atoms with Crippen molar-refractivity contribution in [3.63, 3.8) is 0 Å². The molecule has 0 saturated carbocycles. The SMILES string of the molecule is C[C@H]1C[C@@H](NC(=O)[C@H](CC(N)=O)NC(=O)OC(C)(C)C)CN(c2ccc(C(F)(F)F)c3nccnc23)C1. The summed E-state index contributed by atoms with van der Waals surface area (Å²) in [5, 5.41) is 5.21. The van der Waals surface area contributed by atoms with Crippen molar-refractivity contribution < 1.29 is 32.3 Å². The number of anilines is 1. The molecule has 3 atom stereocenters. The van der Waals surface area contributed by atoms with E-state index in [2.05, 4.69) is 20.6 Å². The molecule has 3 rings (SSSR count). The minimum Gasteiger partial charge on any atom is -0.444 e. The molecule has 10 nitrogen and oxygen atoms in total. The molecular formula is C24H31F3N6O4. The highest BCUT2D eigenvalue weighted by molar-refractivity contribution is 5.92. The first-order valence-electron chi connectivity index (χ1n) is 11.8. The van der Waals surface area contributed by atoms with Gasteiger partial charge in [0.15, 0.2) is 0 Å². The zero-order chi connectivity index (χ0) is 27.5. The summed E-state index contributed by atoms with van der Waals surface area (Å²) in [6.45, 7) is 7.70. The number of fused-ring (bicyclic) bond motifs is 1. The third-order valence-corrected chi connectivity index (χ3v) is 5.67. The number of aromatic nitrogens is 2. The lowest BCUT2D eigenvalue weighted by Crippen LogP contribution is -2.56. The van der Waals surface area contributed by atoms with Crippen molar-refractivity contribution in [2.24, 2.45) is 11.7 Å². The standard InChI is InChI=1S/C24H31F3N6O4/c1-13-9-14(31-21(35)16(10-18(28)34)32-22(36)37-23(2,3)4)12-33(11-13)17-6-5-15(24(25,26)27)19-20(17)30-8-7-29-19/h5-8,13-14,16H,9-12H2,1-4H3,(H2,28,34)(H,31,35)(H,32,36)/t13-,14+,16-/m0/s1. The van der Waals surface area contributed by atoms with Gasteiger partial charge >= 0.3 is 12.3 Å². The van der Waals surface area contributed by atoms with Crippen molar-refractivity contribution in [2.75, 3.05) is 18.0 Å². The number of alkyl carbamates (subject to hydrolysis) is 1. The van der Waals surface area contributed by atoms with Crippen LogP contribution in [0.5, 0.6) is 0 Å². The molecule has 1 aliphatic heterocycles. The number of rotatable bonds is 6. The van der Waals surface area contributed by atoms with E-state index in [1.165, 1.54) is 18.5 Å². The van der Waals surface area contributed by atoms with E-state index in [0.717, 1.165) is 6.07 Å². The van der Waals surface area contributed by atoms with Gasteiger partial charge in [-0.05, 0) is 45.2 Å². The maximum atomic E-state index is 13.5. The minimum absolute atomic E-state index is 0.0569. The first kappa shape index (κ1) is 27.9. The van der Waals surface area contributed by atoms with Crippen LogP contribution >= 0.6 is 0 Å². The number of piperidine rings is 1. The van der Waals surface area contributed by atoms with Crippen LogP contribution in [0, 0.1) is 5.92 Å². The summed E-state index contributed by atoms with van der Waals surface area (Å²) in [7, 11) is 0. The Morgan fingerprint density at radius 1 is 1.14 bits per heavy atom. The zero-order valence-corrected chi connectivity index (χ0v) is 21.1. The number of halogens is 3. The molecule has 0 radical (unpaired) electrons. The molecule has 1 fully saturated rings. The third-order valence-electron chi connectivity index (χ3n) is 5.67. The topological polar surface area (TPSA) is 140 Å². The molecule has 3 amide bonds. The first-order chi connectivity index (χ1) is 17.1. The molecule has 0 spiro atoms. The van der Waals surface area contributed by atoms with Crippen molar-refractivity contribution in [1.82, 2.24) is 20.6 Å². The van der Waals surface area contributed by atoms with E-state index in [9.17, 15) is 27.6 Å². The third kappa shape index (κ3) is 7.43. The van der Waals surface area contributed by atoms with Gasteiger partial charge < -0.3 is 26.0 Å². The van der Waals surface area contributed by atoms with E-state index >= 15 is 0 Å². The number of benzene rings is 1. The predicted molar refractivity (Wildman–Crippen MR) is 129 cm³/mol. The molecule has 37 heavy (non-hydrogen) atoms. The molecule has 0 aliphatic carbocycles. The largest absolute Gasteiger partial charge is 0.444 e. The van der Waals surface area contributed by atoms with Crippen LogP contribution in [0.25, 0.3) is 11.0 Å². The number of nitrogens with one attached hydrogen (secondary N) is 2. The highest BCUT2D eigenvalue weighted by Crippen LogP contribution is 2.37. The van der Waals surface area contributed by atoms with Gasteiger partial charge in [-0.25, -0.2) is 4.79 Å².